The highest BCUT2D eigenvalue weighted by Gasteiger charge is 2.22. The third kappa shape index (κ3) is 2.95. The largest absolute Gasteiger partial charge is 0.494 e. The summed E-state index contributed by atoms with van der Waals surface area (Å²) < 4.78 is 31.9. The average Bonchev–Trinajstić information content (AvgIpc) is 2.36. The number of rotatable bonds is 5. The van der Waals surface area contributed by atoms with Crippen LogP contribution in [0, 0.1) is 11.6 Å². The fourth-order valence-corrected chi connectivity index (χ4v) is 1.43. The second-order valence-corrected chi connectivity index (χ2v) is 3.70. The minimum absolute atomic E-state index is 0.210. The number of halogens is 2. The van der Waals surface area contributed by atoms with E-state index in [1.54, 1.807) is 6.92 Å². The Hall–Kier alpha value is -1.69. The minimum atomic E-state index is -1.05. The Kier molecular flexibility index (Phi) is 5.03. The highest BCUT2D eigenvalue weighted by molar-refractivity contribution is 5.95. The molecule has 0 fully saturated rings. The molecule has 1 amide bonds. The highest BCUT2D eigenvalue weighted by atomic mass is 19.1. The lowest BCUT2D eigenvalue weighted by atomic mass is 10.1. The zero-order valence-electron chi connectivity index (χ0n) is 10.2. The van der Waals surface area contributed by atoms with Gasteiger partial charge in [-0.25, -0.2) is 8.78 Å². The first-order valence-electron chi connectivity index (χ1n) is 5.48. The number of aliphatic hydroxyl groups excluding tert-OH is 1. The molecule has 0 aliphatic carbocycles. The molecule has 1 atom stereocenters. The van der Waals surface area contributed by atoms with E-state index in [0.717, 1.165) is 12.1 Å². The molecule has 1 rings (SSSR count). The molecule has 2 N–H and O–H groups in total. The monoisotopic (exact) mass is 259 g/mol. The van der Waals surface area contributed by atoms with Crippen LogP contribution >= 0.6 is 0 Å². The SMILES string of the molecule is CCC(CO)NC(=O)c1c(F)ccc(OC)c1F. The van der Waals surface area contributed by atoms with Gasteiger partial charge in [-0.05, 0) is 18.6 Å². The van der Waals surface area contributed by atoms with Crippen LogP contribution in [-0.4, -0.2) is 30.8 Å². The van der Waals surface area contributed by atoms with Crippen molar-refractivity contribution >= 4 is 5.91 Å². The van der Waals surface area contributed by atoms with Crippen LogP contribution in [0.4, 0.5) is 8.78 Å². The van der Waals surface area contributed by atoms with Crippen LogP contribution in [0.1, 0.15) is 23.7 Å². The van der Waals surface area contributed by atoms with E-state index in [4.69, 9.17) is 5.11 Å². The molecule has 0 saturated heterocycles. The summed E-state index contributed by atoms with van der Waals surface area (Å²) in [5.74, 6) is -3.15. The van der Waals surface area contributed by atoms with Crippen LogP contribution in [-0.2, 0) is 0 Å². The van der Waals surface area contributed by atoms with Gasteiger partial charge in [-0.2, -0.15) is 0 Å². The number of amides is 1. The summed E-state index contributed by atoms with van der Waals surface area (Å²) in [7, 11) is 1.22. The number of carbonyl (C=O) groups is 1. The zero-order chi connectivity index (χ0) is 13.7. The molecule has 0 radical (unpaired) electrons. The van der Waals surface area contributed by atoms with Gasteiger partial charge in [0.15, 0.2) is 11.6 Å². The van der Waals surface area contributed by atoms with Crippen molar-refractivity contribution in [1.29, 1.82) is 0 Å². The molecule has 18 heavy (non-hydrogen) atoms. The van der Waals surface area contributed by atoms with Gasteiger partial charge in [0.1, 0.15) is 11.4 Å². The number of hydrogen-bond donors (Lipinski definition) is 2. The summed E-state index contributed by atoms with van der Waals surface area (Å²) in [4.78, 5) is 11.7. The van der Waals surface area contributed by atoms with E-state index in [9.17, 15) is 13.6 Å². The third-order valence-electron chi connectivity index (χ3n) is 2.55. The number of nitrogens with one attached hydrogen (secondary N) is 1. The van der Waals surface area contributed by atoms with Gasteiger partial charge in [0.2, 0.25) is 0 Å². The predicted octanol–water partition coefficient (Wildman–Crippen LogP) is 1.47. The molecule has 0 spiro atoms. The van der Waals surface area contributed by atoms with Gasteiger partial charge in [0.25, 0.3) is 5.91 Å². The molecule has 0 aliphatic heterocycles. The topological polar surface area (TPSA) is 58.6 Å². The van der Waals surface area contributed by atoms with Crippen molar-refractivity contribution < 1.29 is 23.4 Å². The predicted molar refractivity (Wildman–Crippen MR) is 61.5 cm³/mol. The summed E-state index contributed by atoms with van der Waals surface area (Å²) in [6, 6.07) is 1.52. The molecule has 1 aromatic rings. The number of aliphatic hydroxyl groups is 1. The van der Waals surface area contributed by atoms with Crippen LogP contribution in [0.5, 0.6) is 5.75 Å². The van der Waals surface area contributed by atoms with Crippen molar-refractivity contribution in [3.8, 4) is 5.75 Å². The van der Waals surface area contributed by atoms with Crippen molar-refractivity contribution in [3.05, 3.63) is 29.3 Å². The zero-order valence-corrected chi connectivity index (χ0v) is 10.2. The fourth-order valence-electron chi connectivity index (χ4n) is 1.43. The first-order valence-corrected chi connectivity index (χ1v) is 5.48. The number of benzene rings is 1. The lowest BCUT2D eigenvalue weighted by Crippen LogP contribution is -2.37. The van der Waals surface area contributed by atoms with Crippen molar-refractivity contribution in [3.63, 3.8) is 0 Å². The highest BCUT2D eigenvalue weighted by Crippen LogP contribution is 2.22. The van der Waals surface area contributed by atoms with Crippen molar-refractivity contribution in [1.82, 2.24) is 5.32 Å². The van der Waals surface area contributed by atoms with E-state index in [0.29, 0.717) is 6.42 Å². The summed E-state index contributed by atoms with van der Waals surface area (Å²) in [5.41, 5.74) is -0.707. The Balaban J connectivity index is 3.05. The Bertz CT molecular complexity index is 434. The van der Waals surface area contributed by atoms with Crippen molar-refractivity contribution in [2.45, 2.75) is 19.4 Å². The lowest BCUT2D eigenvalue weighted by molar-refractivity contribution is 0.0905. The molecule has 100 valence electrons. The summed E-state index contributed by atoms with van der Waals surface area (Å²) in [6.45, 7) is 1.44. The molecule has 0 aromatic heterocycles. The maximum atomic E-state index is 13.8. The maximum absolute atomic E-state index is 13.8. The van der Waals surface area contributed by atoms with Gasteiger partial charge in [-0.3, -0.25) is 4.79 Å². The number of hydrogen-bond acceptors (Lipinski definition) is 3. The molecule has 1 unspecified atom stereocenters. The van der Waals surface area contributed by atoms with Crippen LogP contribution < -0.4 is 10.1 Å². The molecule has 0 aliphatic rings. The van der Waals surface area contributed by atoms with E-state index in [-0.39, 0.29) is 12.4 Å². The van der Waals surface area contributed by atoms with Gasteiger partial charge >= 0.3 is 0 Å². The van der Waals surface area contributed by atoms with Crippen LogP contribution in [0.2, 0.25) is 0 Å². The van der Waals surface area contributed by atoms with Crippen LogP contribution in [0.3, 0.4) is 0 Å². The lowest BCUT2D eigenvalue weighted by Gasteiger charge is -2.15. The quantitative estimate of drug-likeness (QED) is 0.842. The van der Waals surface area contributed by atoms with E-state index >= 15 is 0 Å². The molecule has 0 saturated carbocycles. The molecular formula is C12H15F2NO3. The summed E-state index contributed by atoms with van der Waals surface area (Å²) >= 11 is 0. The number of ether oxygens (including phenoxy) is 1. The molecule has 6 heteroatoms. The molecular weight excluding hydrogens is 244 g/mol. The Labute approximate surface area is 104 Å². The van der Waals surface area contributed by atoms with Gasteiger partial charge in [-0.1, -0.05) is 6.92 Å². The fraction of sp³-hybridized carbons (Fsp3) is 0.417. The molecule has 0 bridgehead atoms. The molecule has 0 heterocycles. The van der Waals surface area contributed by atoms with Crippen molar-refractivity contribution in [2.24, 2.45) is 0 Å². The van der Waals surface area contributed by atoms with Gasteiger partial charge in [0, 0.05) is 0 Å². The normalized spacial score (nSPS) is 12.1. The van der Waals surface area contributed by atoms with Gasteiger partial charge in [0.05, 0.1) is 19.8 Å². The summed E-state index contributed by atoms with van der Waals surface area (Å²) in [6.07, 6.45) is 0.454. The maximum Gasteiger partial charge on any atom is 0.257 e. The van der Waals surface area contributed by atoms with E-state index < -0.39 is 29.1 Å². The number of carbonyl (C=O) groups excluding carboxylic acids is 1. The standard InChI is InChI=1S/C12H15F2NO3/c1-3-7(6-16)15-12(17)10-8(13)4-5-9(18-2)11(10)14/h4-5,7,16H,3,6H2,1-2H3,(H,15,17). The molecule has 4 nitrogen and oxygen atoms in total. The average molecular weight is 259 g/mol. The first-order chi connectivity index (χ1) is 8.54. The van der Waals surface area contributed by atoms with E-state index in [1.165, 1.54) is 7.11 Å². The summed E-state index contributed by atoms with van der Waals surface area (Å²) in [5, 5.41) is 11.3. The van der Waals surface area contributed by atoms with Gasteiger partial charge in [-0.15, -0.1) is 0 Å². The Morgan fingerprint density at radius 3 is 2.67 bits per heavy atom. The van der Waals surface area contributed by atoms with E-state index in [1.807, 2.05) is 0 Å². The smallest absolute Gasteiger partial charge is 0.257 e. The number of methoxy groups -OCH3 is 1. The minimum Gasteiger partial charge on any atom is -0.494 e. The molecule has 1 aromatic carbocycles. The van der Waals surface area contributed by atoms with Crippen molar-refractivity contribution in [2.75, 3.05) is 13.7 Å². The van der Waals surface area contributed by atoms with Crippen LogP contribution in [0.25, 0.3) is 0 Å². The second-order valence-electron chi connectivity index (χ2n) is 3.70. The van der Waals surface area contributed by atoms with Gasteiger partial charge < -0.3 is 15.2 Å². The van der Waals surface area contributed by atoms with E-state index in [2.05, 4.69) is 10.1 Å². The Morgan fingerprint density at radius 1 is 1.50 bits per heavy atom. The van der Waals surface area contributed by atoms with Crippen LogP contribution in [0.15, 0.2) is 12.1 Å². The first kappa shape index (κ1) is 14.4. The Morgan fingerprint density at radius 2 is 2.17 bits per heavy atom. The third-order valence-corrected chi connectivity index (χ3v) is 2.55. The second kappa shape index (κ2) is 6.30.